The van der Waals surface area contributed by atoms with Gasteiger partial charge in [0.05, 0.1) is 35.8 Å². The van der Waals surface area contributed by atoms with Crippen molar-refractivity contribution < 1.29 is 22.7 Å². The fourth-order valence-corrected chi connectivity index (χ4v) is 4.70. The summed E-state index contributed by atoms with van der Waals surface area (Å²) in [6.45, 7) is 8.81. The maximum atomic E-state index is 12.8. The third-order valence-electron chi connectivity index (χ3n) is 7.15. The van der Waals surface area contributed by atoms with Crippen LogP contribution >= 0.6 is 0 Å². The van der Waals surface area contributed by atoms with Gasteiger partial charge in [-0.05, 0) is 43.9 Å². The summed E-state index contributed by atoms with van der Waals surface area (Å²) in [5, 5.41) is 9.49. The molecule has 1 aliphatic rings. The number of imidazole rings is 1. The summed E-state index contributed by atoms with van der Waals surface area (Å²) in [6.07, 6.45) is 6.96. The Balaban J connectivity index is 1.68. The number of pyridine rings is 1. The Labute approximate surface area is 238 Å². The van der Waals surface area contributed by atoms with E-state index in [1.54, 1.807) is 29.3 Å². The normalized spacial score (nSPS) is 19.0. The van der Waals surface area contributed by atoms with Gasteiger partial charge in [0.25, 0.3) is 0 Å². The maximum absolute atomic E-state index is 12.8. The van der Waals surface area contributed by atoms with E-state index in [0.717, 1.165) is 6.08 Å². The molecule has 2 aromatic rings. The molecule has 0 spiro atoms. The minimum Gasteiger partial charge on any atom is -0.441 e. The molecule has 0 bridgehead atoms. The van der Waals surface area contributed by atoms with Crippen LogP contribution in [0, 0.1) is 11.3 Å². The summed E-state index contributed by atoms with van der Waals surface area (Å²) in [5.74, 6) is 1.15. The van der Waals surface area contributed by atoms with Crippen LogP contribution in [-0.2, 0) is 4.74 Å². The van der Waals surface area contributed by atoms with E-state index in [4.69, 9.17) is 10.00 Å². The van der Waals surface area contributed by atoms with Gasteiger partial charge >= 0.3 is 12.3 Å². The molecule has 2 atom stereocenters. The Morgan fingerprint density at radius 2 is 2.12 bits per heavy atom. The summed E-state index contributed by atoms with van der Waals surface area (Å²) < 4.78 is 44.1. The number of hydrogen-bond acceptors (Lipinski definition) is 6. The highest BCUT2D eigenvalue weighted by Gasteiger charge is 2.45. The largest absolute Gasteiger partial charge is 0.441 e. The van der Waals surface area contributed by atoms with Gasteiger partial charge in [0.2, 0.25) is 0 Å². The summed E-state index contributed by atoms with van der Waals surface area (Å²) in [5.41, 5.74) is 0.0173. The molecule has 2 aromatic heterocycles. The number of nitriles is 1. The third kappa shape index (κ3) is 8.46. The van der Waals surface area contributed by atoms with Crippen molar-refractivity contribution in [1.29, 1.82) is 5.26 Å². The van der Waals surface area contributed by atoms with Crippen molar-refractivity contribution >= 4 is 24.1 Å². The van der Waals surface area contributed by atoms with Crippen LogP contribution in [0.25, 0.3) is 23.5 Å². The summed E-state index contributed by atoms with van der Waals surface area (Å²) in [7, 11) is 1.90. The van der Waals surface area contributed by atoms with Crippen molar-refractivity contribution in [1.82, 2.24) is 19.9 Å². The molecule has 1 amide bonds. The van der Waals surface area contributed by atoms with Gasteiger partial charge in [0, 0.05) is 37.8 Å². The van der Waals surface area contributed by atoms with E-state index in [1.165, 1.54) is 6.08 Å². The lowest BCUT2D eigenvalue weighted by molar-refractivity contribution is -0.122. The van der Waals surface area contributed by atoms with Crippen molar-refractivity contribution in [3.8, 4) is 17.5 Å². The standard InChI is InChI=1S/C30H37F3N6O2/c1-5-11-24-25(15-16-30(31,32)33)37-27(36-24)22-13-14-26(35-20-22)38(4)19-17-29(7-3)21-39(28(40)41-29)23(6-2)12-9-8-10-18-34/h6,8,10-11,13-15,20,23H,2,5,7,9,12,16-17,19,21H2,1,3-4H3,(H,36,37)/b10-8+,24-11+,25-15+. The third-order valence-corrected chi connectivity index (χ3v) is 7.15. The zero-order valence-corrected chi connectivity index (χ0v) is 23.7. The lowest BCUT2D eigenvalue weighted by atomic mass is 9.95. The van der Waals surface area contributed by atoms with Gasteiger partial charge < -0.3 is 14.6 Å². The van der Waals surface area contributed by atoms with Crippen LogP contribution < -0.4 is 15.6 Å². The Hall–Kier alpha value is -4.07. The fraction of sp³-hybridized carbons (Fsp3) is 0.467. The summed E-state index contributed by atoms with van der Waals surface area (Å²) >= 11 is 0. The van der Waals surface area contributed by atoms with Gasteiger partial charge in [-0.2, -0.15) is 18.4 Å². The highest BCUT2D eigenvalue weighted by Crippen LogP contribution is 2.32. The van der Waals surface area contributed by atoms with E-state index in [1.807, 2.05) is 44.0 Å². The minimum atomic E-state index is -4.30. The maximum Gasteiger partial charge on any atom is 0.411 e. The van der Waals surface area contributed by atoms with Crippen LogP contribution in [0.3, 0.4) is 0 Å². The lowest BCUT2D eigenvalue weighted by Crippen LogP contribution is -2.40. The molecule has 0 saturated carbocycles. The number of halogens is 3. The second-order valence-electron chi connectivity index (χ2n) is 10.0. The zero-order valence-electron chi connectivity index (χ0n) is 23.7. The molecule has 11 heteroatoms. The molecule has 1 aliphatic heterocycles. The number of rotatable bonds is 13. The van der Waals surface area contributed by atoms with E-state index < -0.39 is 18.2 Å². The molecule has 2 unspecified atom stereocenters. The van der Waals surface area contributed by atoms with E-state index >= 15 is 0 Å². The number of aromatic nitrogens is 3. The molecular formula is C30H37F3N6O2. The monoisotopic (exact) mass is 570 g/mol. The van der Waals surface area contributed by atoms with E-state index in [2.05, 4.69) is 21.5 Å². The first-order valence-corrected chi connectivity index (χ1v) is 13.7. The van der Waals surface area contributed by atoms with Gasteiger partial charge in [0.15, 0.2) is 0 Å². The number of nitrogens with one attached hydrogen (secondary N) is 1. The molecule has 3 heterocycles. The first-order chi connectivity index (χ1) is 19.5. The number of aromatic amines is 1. The second-order valence-corrected chi connectivity index (χ2v) is 10.0. The molecule has 0 radical (unpaired) electrons. The average Bonchev–Trinajstić information content (AvgIpc) is 3.51. The van der Waals surface area contributed by atoms with Gasteiger partial charge in [-0.15, -0.1) is 6.58 Å². The topological polar surface area (TPSA) is 98.1 Å². The van der Waals surface area contributed by atoms with Crippen molar-refractivity contribution in [3.63, 3.8) is 0 Å². The molecule has 1 fully saturated rings. The van der Waals surface area contributed by atoms with Gasteiger partial charge in [-0.25, -0.2) is 14.8 Å². The number of H-pyrrole nitrogens is 1. The molecule has 1 N–H and O–H groups in total. The van der Waals surface area contributed by atoms with Gasteiger partial charge in [-0.1, -0.05) is 32.1 Å². The van der Waals surface area contributed by atoms with Crippen molar-refractivity contribution in [2.75, 3.05) is 25.0 Å². The second kappa shape index (κ2) is 14.0. The van der Waals surface area contributed by atoms with Crippen LogP contribution in [0.15, 0.2) is 43.1 Å². The number of amides is 1. The Morgan fingerprint density at radius 3 is 2.73 bits per heavy atom. The van der Waals surface area contributed by atoms with E-state index in [9.17, 15) is 18.0 Å². The Kier molecular flexibility index (Phi) is 10.8. The Morgan fingerprint density at radius 1 is 1.34 bits per heavy atom. The van der Waals surface area contributed by atoms with Crippen LogP contribution in [0.2, 0.25) is 0 Å². The smallest absolute Gasteiger partial charge is 0.411 e. The van der Waals surface area contributed by atoms with Gasteiger partial charge in [-0.3, -0.25) is 4.90 Å². The minimum absolute atomic E-state index is 0.185. The number of carbonyl (C=O) groups is 1. The number of allylic oxidation sites excluding steroid dienone is 2. The van der Waals surface area contributed by atoms with Crippen molar-refractivity contribution in [2.24, 2.45) is 0 Å². The number of anilines is 1. The molecular weight excluding hydrogens is 533 g/mol. The summed E-state index contributed by atoms with van der Waals surface area (Å²) in [4.78, 5) is 28.5. The van der Waals surface area contributed by atoms with Crippen LogP contribution in [0.4, 0.5) is 23.8 Å². The number of hydrogen-bond donors (Lipinski definition) is 1. The number of alkyl halides is 3. The molecule has 0 aromatic carbocycles. The molecule has 8 nitrogen and oxygen atoms in total. The summed E-state index contributed by atoms with van der Waals surface area (Å²) in [6, 6.07) is 5.43. The van der Waals surface area contributed by atoms with Gasteiger partial charge in [0.1, 0.15) is 17.2 Å². The molecule has 41 heavy (non-hydrogen) atoms. The molecule has 220 valence electrons. The molecule has 3 rings (SSSR count). The number of ether oxygens (including phenoxy) is 1. The highest BCUT2D eigenvalue weighted by molar-refractivity contribution is 5.71. The van der Waals surface area contributed by atoms with Crippen molar-refractivity contribution in [2.45, 2.75) is 70.2 Å². The molecule has 1 saturated heterocycles. The average molecular weight is 571 g/mol. The fourth-order valence-electron chi connectivity index (χ4n) is 4.70. The first kappa shape index (κ1) is 31.5. The zero-order chi connectivity index (χ0) is 30.0. The highest BCUT2D eigenvalue weighted by atomic mass is 19.4. The van der Waals surface area contributed by atoms with E-state index in [0.29, 0.717) is 67.7 Å². The van der Waals surface area contributed by atoms with Crippen LogP contribution in [0.1, 0.15) is 52.4 Å². The number of carbonyl (C=O) groups excluding carboxylic acids is 1. The molecule has 0 aliphatic carbocycles. The van der Waals surface area contributed by atoms with Crippen molar-refractivity contribution in [3.05, 3.63) is 53.8 Å². The lowest BCUT2D eigenvalue weighted by Gasteiger charge is -2.29. The predicted octanol–water partition coefficient (Wildman–Crippen LogP) is 5.24. The predicted molar refractivity (Wildman–Crippen MR) is 153 cm³/mol. The number of nitrogens with zero attached hydrogens (tertiary/aromatic N) is 5. The van der Waals surface area contributed by atoms with Crippen LogP contribution in [-0.4, -0.2) is 63.9 Å². The first-order valence-electron chi connectivity index (χ1n) is 13.7. The van der Waals surface area contributed by atoms with E-state index in [-0.39, 0.29) is 17.5 Å². The SMILES string of the molecule is C=CC(CC/C=C/C#N)N1CC(CC)(CCN(C)c2ccc(-c3nc(=C/CC(F)(F)F)/c(=C\CC)[nH]3)cn2)OC1=O. The Bertz CT molecular complexity index is 1380. The quantitative estimate of drug-likeness (QED) is 0.261. The van der Waals surface area contributed by atoms with Crippen LogP contribution in [0.5, 0.6) is 0 Å². The number of cyclic esters (lactones) is 1.